The molecule has 0 spiro atoms. The molecule has 0 fully saturated rings. The molecule has 0 aliphatic rings. The standard InChI is InChI=1S/C17H11NO3S/c19-11-12-5-8-17(16(9-12)18(20)21)22-15-7-6-13-3-1-2-4-14(13)10-15/h1-11H. The lowest BCUT2D eigenvalue weighted by atomic mass is 10.1. The number of nitro benzene ring substituents is 1. The molecule has 0 radical (unpaired) electrons. The van der Waals surface area contributed by atoms with E-state index in [1.54, 1.807) is 12.1 Å². The van der Waals surface area contributed by atoms with Crippen molar-refractivity contribution >= 4 is 34.5 Å². The number of nitro groups is 1. The molecule has 108 valence electrons. The minimum absolute atomic E-state index is 0.0530. The molecule has 3 aromatic rings. The topological polar surface area (TPSA) is 60.2 Å². The van der Waals surface area contributed by atoms with Crippen molar-refractivity contribution < 1.29 is 9.72 Å². The zero-order valence-corrected chi connectivity index (χ0v) is 12.2. The van der Waals surface area contributed by atoms with Gasteiger partial charge in [0.05, 0.1) is 9.82 Å². The Balaban J connectivity index is 2.00. The molecule has 0 amide bonds. The highest BCUT2D eigenvalue weighted by molar-refractivity contribution is 7.99. The molecular weight excluding hydrogens is 298 g/mol. The highest BCUT2D eigenvalue weighted by Crippen LogP contribution is 2.36. The van der Waals surface area contributed by atoms with Crippen LogP contribution in [0, 0.1) is 10.1 Å². The Hall–Kier alpha value is -2.66. The Morgan fingerprint density at radius 1 is 0.955 bits per heavy atom. The number of aldehydes is 1. The van der Waals surface area contributed by atoms with E-state index in [0.29, 0.717) is 16.7 Å². The van der Waals surface area contributed by atoms with Crippen molar-refractivity contribution in [2.75, 3.05) is 0 Å². The average Bonchev–Trinajstić information content (AvgIpc) is 2.55. The van der Waals surface area contributed by atoms with Crippen LogP contribution in [-0.4, -0.2) is 11.2 Å². The molecule has 0 heterocycles. The average molecular weight is 309 g/mol. The van der Waals surface area contributed by atoms with Gasteiger partial charge < -0.3 is 0 Å². The second kappa shape index (κ2) is 5.99. The number of benzene rings is 3. The van der Waals surface area contributed by atoms with Crippen molar-refractivity contribution in [1.82, 2.24) is 0 Å². The van der Waals surface area contributed by atoms with Crippen LogP contribution in [0.25, 0.3) is 10.8 Å². The Morgan fingerprint density at radius 3 is 2.45 bits per heavy atom. The summed E-state index contributed by atoms with van der Waals surface area (Å²) >= 11 is 1.32. The zero-order chi connectivity index (χ0) is 15.5. The van der Waals surface area contributed by atoms with Crippen molar-refractivity contribution in [2.45, 2.75) is 9.79 Å². The molecule has 0 aliphatic heterocycles. The van der Waals surface area contributed by atoms with Crippen LogP contribution in [0.4, 0.5) is 5.69 Å². The van der Waals surface area contributed by atoms with Gasteiger partial charge in [0.2, 0.25) is 0 Å². The van der Waals surface area contributed by atoms with E-state index in [4.69, 9.17) is 0 Å². The number of hydrogen-bond donors (Lipinski definition) is 0. The van der Waals surface area contributed by atoms with Crippen molar-refractivity contribution in [3.8, 4) is 0 Å². The lowest BCUT2D eigenvalue weighted by Crippen LogP contribution is -1.93. The van der Waals surface area contributed by atoms with Gasteiger partial charge >= 0.3 is 0 Å². The summed E-state index contributed by atoms with van der Waals surface area (Å²) in [7, 11) is 0. The zero-order valence-electron chi connectivity index (χ0n) is 11.4. The largest absolute Gasteiger partial charge is 0.298 e. The molecule has 22 heavy (non-hydrogen) atoms. The summed E-state index contributed by atoms with van der Waals surface area (Å²) in [5, 5.41) is 13.4. The van der Waals surface area contributed by atoms with Crippen LogP contribution in [0.3, 0.4) is 0 Å². The van der Waals surface area contributed by atoms with Gasteiger partial charge in [0.25, 0.3) is 5.69 Å². The number of nitrogens with zero attached hydrogens (tertiary/aromatic N) is 1. The van der Waals surface area contributed by atoms with Gasteiger partial charge in [-0.15, -0.1) is 0 Å². The van der Waals surface area contributed by atoms with Crippen LogP contribution in [0.15, 0.2) is 70.5 Å². The second-order valence-corrected chi connectivity index (χ2v) is 5.83. The minimum Gasteiger partial charge on any atom is -0.298 e. The van der Waals surface area contributed by atoms with E-state index in [1.165, 1.54) is 17.8 Å². The first-order valence-corrected chi connectivity index (χ1v) is 7.39. The molecule has 0 unspecified atom stereocenters. The first-order chi connectivity index (χ1) is 10.7. The number of fused-ring (bicyclic) bond motifs is 1. The molecule has 0 bridgehead atoms. The van der Waals surface area contributed by atoms with Crippen molar-refractivity contribution in [3.63, 3.8) is 0 Å². The van der Waals surface area contributed by atoms with Crippen LogP contribution < -0.4 is 0 Å². The van der Waals surface area contributed by atoms with Crippen LogP contribution in [0.2, 0.25) is 0 Å². The first kappa shape index (κ1) is 14.3. The van der Waals surface area contributed by atoms with E-state index >= 15 is 0 Å². The van der Waals surface area contributed by atoms with Crippen LogP contribution >= 0.6 is 11.8 Å². The van der Waals surface area contributed by atoms with Crippen molar-refractivity contribution in [3.05, 3.63) is 76.3 Å². The van der Waals surface area contributed by atoms with Crippen LogP contribution in [0.5, 0.6) is 0 Å². The van der Waals surface area contributed by atoms with E-state index < -0.39 is 4.92 Å². The lowest BCUT2D eigenvalue weighted by molar-refractivity contribution is -0.387. The summed E-state index contributed by atoms with van der Waals surface area (Å²) < 4.78 is 0. The van der Waals surface area contributed by atoms with Crippen molar-refractivity contribution in [1.29, 1.82) is 0 Å². The van der Waals surface area contributed by atoms with E-state index in [0.717, 1.165) is 15.7 Å². The van der Waals surface area contributed by atoms with Gasteiger partial charge in [0.1, 0.15) is 6.29 Å². The third kappa shape index (κ3) is 2.84. The second-order valence-electron chi connectivity index (χ2n) is 4.71. The summed E-state index contributed by atoms with van der Waals surface area (Å²) in [5.41, 5.74) is 0.248. The highest BCUT2D eigenvalue weighted by atomic mass is 32.2. The molecule has 0 atom stereocenters. The first-order valence-electron chi connectivity index (χ1n) is 6.57. The van der Waals surface area contributed by atoms with Crippen LogP contribution in [-0.2, 0) is 0 Å². The van der Waals surface area contributed by atoms with E-state index in [1.807, 2.05) is 42.5 Å². The van der Waals surface area contributed by atoms with Gasteiger partial charge in [0.15, 0.2) is 0 Å². The Morgan fingerprint density at radius 2 is 1.73 bits per heavy atom. The number of rotatable bonds is 4. The SMILES string of the molecule is O=Cc1ccc(Sc2ccc3ccccc3c2)c([N+](=O)[O-])c1. The van der Waals surface area contributed by atoms with Gasteiger partial charge in [-0.1, -0.05) is 48.2 Å². The Bertz CT molecular complexity index is 877. The minimum atomic E-state index is -0.462. The monoisotopic (exact) mass is 309 g/mol. The van der Waals surface area contributed by atoms with Gasteiger partial charge in [0, 0.05) is 16.5 Å². The predicted octanol–water partition coefficient (Wildman–Crippen LogP) is 4.71. The van der Waals surface area contributed by atoms with Gasteiger partial charge in [-0.25, -0.2) is 0 Å². The number of carbonyl (C=O) groups is 1. The summed E-state index contributed by atoms with van der Waals surface area (Å²) in [5.74, 6) is 0. The fraction of sp³-hybridized carbons (Fsp3) is 0. The quantitative estimate of drug-likeness (QED) is 0.398. The fourth-order valence-electron chi connectivity index (χ4n) is 2.19. The summed E-state index contributed by atoms with van der Waals surface area (Å²) in [6.45, 7) is 0. The maximum absolute atomic E-state index is 11.2. The van der Waals surface area contributed by atoms with Gasteiger partial charge in [-0.3, -0.25) is 14.9 Å². The summed E-state index contributed by atoms with van der Waals surface area (Å²) in [4.78, 5) is 22.9. The summed E-state index contributed by atoms with van der Waals surface area (Å²) in [6.07, 6.45) is 0.609. The van der Waals surface area contributed by atoms with Gasteiger partial charge in [-0.05, 0) is 29.0 Å². The molecule has 0 aromatic heterocycles. The number of hydrogen-bond acceptors (Lipinski definition) is 4. The molecule has 5 heteroatoms. The van der Waals surface area contributed by atoms with E-state index in [2.05, 4.69) is 0 Å². The molecular formula is C17H11NO3S. The molecule has 0 saturated carbocycles. The normalized spacial score (nSPS) is 10.5. The maximum Gasteiger partial charge on any atom is 0.283 e. The maximum atomic E-state index is 11.2. The molecule has 3 aromatic carbocycles. The third-order valence-electron chi connectivity index (χ3n) is 3.26. The lowest BCUT2D eigenvalue weighted by Gasteiger charge is -2.05. The van der Waals surface area contributed by atoms with Crippen LogP contribution in [0.1, 0.15) is 10.4 Å². The van der Waals surface area contributed by atoms with Gasteiger partial charge in [-0.2, -0.15) is 0 Å². The molecule has 0 aliphatic carbocycles. The molecule has 0 N–H and O–H groups in total. The Labute approximate surface area is 130 Å². The van der Waals surface area contributed by atoms with E-state index in [-0.39, 0.29) is 5.69 Å². The molecule has 3 rings (SSSR count). The molecule has 0 saturated heterocycles. The Kier molecular flexibility index (Phi) is 3.89. The summed E-state index contributed by atoms with van der Waals surface area (Å²) in [6, 6.07) is 18.4. The third-order valence-corrected chi connectivity index (χ3v) is 4.32. The van der Waals surface area contributed by atoms with Crippen molar-refractivity contribution in [2.24, 2.45) is 0 Å². The van der Waals surface area contributed by atoms with E-state index in [9.17, 15) is 14.9 Å². The highest BCUT2D eigenvalue weighted by Gasteiger charge is 2.15. The predicted molar refractivity (Wildman–Crippen MR) is 86.6 cm³/mol. The molecule has 4 nitrogen and oxygen atoms in total. The fourth-order valence-corrected chi connectivity index (χ4v) is 3.14. The number of carbonyl (C=O) groups excluding carboxylic acids is 1. The smallest absolute Gasteiger partial charge is 0.283 e.